The Bertz CT molecular complexity index is 651. The number of benzene rings is 2. The molecule has 116 valence electrons. The van der Waals surface area contributed by atoms with Gasteiger partial charge in [0.2, 0.25) is 0 Å². The number of aryl methyl sites for hydroxylation is 1. The van der Waals surface area contributed by atoms with Crippen LogP contribution in [0.15, 0.2) is 42.5 Å². The Morgan fingerprint density at radius 3 is 2.64 bits per heavy atom. The zero-order valence-corrected chi connectivity index (χ0v) is 14.2. The number of anilines is 1. The van der Waals surface area contributed by atoms with Gasteiger partial charge < -0.3 is 10.2 Å². The van der Waals surface area contributed by atoms with Crippen molar-refractivity contribution in [2.24, 2.45) is 0 Å². The molecule has 0 amide bonds. The lowest BCUT2D eigenvalue weighted by Crippen LogP contribution is -2.36. The van der Waals surface area contributed by atoms with E-state index in [1.807, 2.05) is 12.1 Å². The fourth-order valence-corrected chi connectivity index (χ4v) is 3.26. The van der Waals surface area contributed by atoms with Gasteiger partial charge in [0.15, 0.2) is 0 Å². The molecule has 4 heteroatoms. The predicted molar refractivity (Wildman–Crippen MR) is 95.1 cm³/mol. The zero-order valence-electron chi connectivity index (χ0n) is 12.7. The molecule has 22 heavy (non-hydrogen) atoms. The molecule has 1 aliphatic rings. The molecule has 0 aliphatic carbocycles. The van der Waals surface area contributed by atoms with Crippen molar-refractivity contribution >= 4 is 28.9 Å². The van der Waals surface area contributed by atoms with Crippen LogP contribution in [0.4, 0.5) is 5.69 Å². The monoisotopic (exact) mass is 334 g/mol. The first kappa shape index (κ1) is 15.7. The lowest BCUT2D eigenvalue weighted by molar-refractivity contribution is 0.630. The van der Waals surface area contributed by atoms with Crippen LogP contribution in [0.3, 0.4) is 0 Å². The Labute approximate surface area is 142 Å². The number of rotatable bonds is 4. The van der Waals surface area contributed by atoms with Gasteiger partial charge in [-0.15, -0.1) is 0 Å². The minimum atomic E-state index is 0.483. The summed E-state index contributed by atoms with van der Waals surface area (Å²) >= 11 is 12.3. The average Bonchev–Trinajstić information content (AvgIpc) is 3.03. The summed E-state index contributed by atoms with van der Waals surface area (Å²) in [6.45, 7) is 5.12. The van der Waals surface area contributed by atoms with E-state index in [1.54, 1.807) is 0 Å². The van der Waals surface area contributed by atoms with E-state index in [0.717, 1.165) is 31.7 Å². The first-order valence-corrected chi connectivity index (χ1v) is 8.37. The summed E-state index contributed by atoms with van der Waals surface area (Å²) in [6, 6.07) is 14.9. The highest BCUT2D eigenvalue weighted by Crippen LogP contribution is 2.30. The third-order valence-electron chi connectivity index (χ3n) is 4.31. The third-order valence-corrected chi connectivity index (χ3v) is 5.05. The molecule has 0 aromatic heterocycles. The summed E-state index contributed by atoms with van der Waals surface area (Å²) in [7, 11) is 0. The average molecular weight is 335 g/mol. The molecule has 0 bridgehead atoms. The smallest absolute Gasteiger partial charge is 0.0612 e. The number of hydrogen-bond donors (Lipinski definition) is 1. The van der Waals surface area contributed by atoms with Crippen molar-refractivity contribution in [3.63, 3.8) is 0 Å². The van der Waals surface area contributed by atoms with Crippen LogP contribution in [0.5, 0.6) is 0 Å². The number of nitrogens with zero attached hydrogens (tertiary/aromatic N) is 1. The van der Waals surface area contributed by atoms with Crippen molar-refractivity contribution in [3.8, 4) is 0 Å². The molecule has 2 aromatic rings. The summed E-state index contributed by atoms with van der Waals surface area (Å²) in [5, 5.41) is 4.66. The second-order valence-corrected chi connectivity index (χ2v) is 6.61. The molecule has 1 aliphatic heterocycles. The number of halogens is 2. The molecular formula is C18H20Cl2N2. The van der Waals surface area contributed by atoms with Gasteiger partial charge in [0.1, 0.15) is 0 Å². The molecule has 0 spiro atoms. The summed E-state index contributed by atoms with van der Waals surface area (Å²) in [5.74, 6) is 0. The van der Waals surface area contributed by atoms with Gasteiger partial charge in [-0.2, -0.15) is 0 Å². The van der Waals surface area contributed by atoms with E-state index in [-0.39, 0.29) is 0 Å². The van der Waals surface area contributed by atoms with E-state index in [0.29, 0.717) is 16.1 Å². The molecule has 1 fully saturated rings. The summed E-state index contributed by atoms with van der Waals surface area (Å²) in [5.41, 5.74) is 3.80. The van der Waals surface area contributed by atoms with E-state index in [1.165, 1.54) is 11.1 Å². The van der Waals surface area contributed by atoms with Crippen molar-refractivity contribution < 1.29 is 0 Å². The zero-order chi connectivity index (χ0) is 15.5. The van der Waals surface area contributed by atoms with Crippen LogP contribution < -0.4 is 10.2 Å². The van der Waals surface area contributed by atoms with Gasteiger partial charge in [-0.05, 0) is 49.2 Å². The number of hydrogen-bond acceptors (Lipinski definition) is 2. The Morgan fingerprint density at radius 2 is 1.95 bits per heavy atom. The second-order valence-electron chi connectivity index (χ2n) is 5.80. The normalized spacial score (nSPS) is 17.7. The topological polar surface area (TPSA) is 15.3 Å². The molecule has 1 heterocycles. The Morgan fingerprint density at radius 1 is 1.14 bits per heavy atom. The molecule has 1 N–H and O–H groups in total. The minimum absolute atomic E-state index is 0.483. The minimum Gasteiger partial charge on any atom is -0.363 e. The van der Waals surface area contributed by atoms with Gasteiger partial charge in [-0.25, -0.2) is 0 Å². The molecule has 1 atom stereocenters. The fourth-order valence-electron chi connectivity index (χ4n) is 2.97. The second kappa shape index (κ2) is 6.91. The molecule has 1 saturated heterocycles. The van der Waals surface area contributed by atoms with Crippen LogP contribution in [-0.4, -0.2) is 19.1 Å². The first-order chi connectivity index (χ1) is 10.6. The quantitative estimate of drug-likeness (QED) is 0.873. The third kappa shape index (κ3) is 3.40. The summed E-state index contributed by atoms with van der Waals surface area (Å²) in [6.07, 6.45) is 1.14. The maximum Gasteiger partial charge on any atom is 0.0612 e. The van der Waals surface area contributed by atoms with Gasteiger partial charge in [0, 0.05) is 24.8 Å². The van der Waals surface area contributed by atoms with Gasteiger partial charge in [-0.1, -0.05) is 47.5 Å². The van der Waals surface area contributed by atoms with E-state index >= 15 is 0 Å². The van der Waals surface area contributed by atoms with Gasteiger partial charge in [0.05, 0.1) is 10.0 Å². The van der Waals surface area contributed by atoms with Crippen LogP contribution in [0.25, 0.3) is 0 Å². The van der Waals surface area contributed by atoms with Crippen LogP contribution in [0.2, 0.25) is 10.0 Å². The lowest BCUT2D eigenvalue weighted by atomic mass is 10.1. The molecular weight excluding hydrogens is 315 g/mol. The predicted octanol–water partition coefficient (Wildman–Crippen LogP) is 4.67. The maximum absolute atomic E-state index is 6.22. The van der Waals surface area contributed by atoms with Crippen molar-refractivity contribution in [1.29, 1.82) is 0 Å². The van der Waals surface area contributed by atoms with Crippen molar-refractivity contribution in [2.45, 2.75) is 25.9 Å². The highest BCUT2D eigenvalue weighted by atomic mass is 35.5. The maximum atomic E-state index is 6.22. The van der Waals surface area contributed by atoms with E-state index < -0.39 is 0 Å². The Hall–Kier alpha value is -1.22. The van der Waals surface area contributed by atoms with Crippen LogP contribution in [0, 0.1) is 6.92 Å². The molecule has 1 unspecified atom stereocenters. The van der Waals surface area contributed by atoms with Gasteiger partial charge >= 0.3 is 0 Å². The Kier molecular flexibility index (Phi) is 4.92. The highest BCUT2D eigenvalue weighted by Gasteiger charge is 2.23. The van der Waals surface area contributed by atoms with E-state index in [9.17, 15) is 0 Å². The fraction of sp³-hybridized carbons (Fsp3) is 0.333. The highest BCUT2D eigenvalue weighted by molar-refractivity contribution is 6.42. The van der Waals surface area contributed by atoms with Crippen molar-refractivity contribution in [3.05, 3.63) is 63.6 Å². The van der Waals surface area contributed by atoms with Gasteiger partial charge in [-0.3, -0.25) is 0 Å². The lowest BCUT2D eigenvalue weighted by Gasteiger charge is -2.31. The van der Waals surface area contributed by atoms with Crippen LogP contribution >= 0.6 is 23.2 Å². The van der Waals surface area contributed by atoms with Gasteiger partial charge in [0.25, 0.3) is 0 Å². The van der Waals surface area contributed by atoms with Crippen LogP contribution in [0.1, 0.15) is 17.5 Å². The standard InChI is InChI=1S/C18H20Cl2N2/c1-13-4-2-3-5-14(13)12-22(16-8-9-21-11-16)15-6-7-17(19)18(20)10-15/h2-7,10,16,21H,8-9,11-12H2,1H3. The SMILES string of the molecule is Cc1ccccc1CN(c1ccc(Cl)c(Cl)c1)C1CCNC1. The Balaban J connectivity index is 1.93. The largest absolute Gasteiger partial charge is 0.363 e. The van der Waals surface area contributed by atoms with E-state index in [4.69, 9.17) is 23.2 Å². The van der Waals surface area contributed by atoms with Crippen molar-refractivity contribution in [1.82, 2.24) is 5.32 Å². The van der Waals surface area contributed by atoms with E-state index in [2.05, 4.69) is 47.5 Å². The molecule has 3 rings (SSSR count). The molecule has 0 radical (unpaired) electrons. The summed E-state index contributed by atoms with van der Waals surface area (Å²) < 4.78 is 0. The molecule has 0 saturated carbocycles. The number of nitrogens with one attached hydrogen (secondary N) is 1. The van der Waals surface area contributed by atoms with Crippen molar-refractivity contribution in [2.75, 3.05) is 18.0 Å². The first-order valence-electron chi connectivity index (χ1n) is 7.62. The van der Waals surface area contributed by atoms with Crippen LogP contribution in [-0.2, 0) is 6.54 Å². The molecule has 2 nitrogen and oxygen atoms in total. The summed E-state index contributed by atoms with van der Waals surface area (Å²) in [4.78, 5) is 2.44. The molecule has 2 aromatic carbocycles.